The Kier molecular flexibility index (Phi) is 5.63. The maximum absolute atomic E-state index is 11.5. The molecule has 0 saturated heterocycles. The van der Waals surface area contributed by atoms with Crippen LogP contribution in [0.15, 0.2) is 46.2 Å². The smallest absolute Gasteiger partial charge is 0.423 e. The van der Waals surface area contributed by atoms with Gasteiger partial charge in [-0.3, -0.25) is 0 Å². The van der Waals surface area contributed by atoms with E-state index >= 15 is 0 Å². The summed E-state index contributed by atoms with van der Waals surface area (Å²) >= 11 is 5.68. The first-order valence-electron chi connectivity index (χ1n) is 8.03. The Morgan fingerprint density at radius 1 is 0.821 bits per heavy atom. The molecule has 28 heavy (non-hydrogen) atoms. The van der Waals surface area contributed by atoms with Crippen molar-refractivity contribution in [1.82, 2.24) is 0 Å². The first kappa shape index (κ1) is 21.2. The van der Waals surface area contributed by atoms with Crippen LogP contribution < -0.4 is 5.46 Å². The molecule has 0 aromatic heterocycles. The van der Waals surface area contributed by atoms with Crippen molar-refractivity contribution in [2.45, 2.75) is 22.0 Å². The average molecular weight is 447 g/mol. The summed E-state index contributed by atoms with van der Waals surface area (Å²) in [7, 11) is -8.35. The third kappa shape index (κ3) is 3.97. The van der Waals surface area contributed by atoms with Gasteiger partial charge in [0.1, 0.15) is 0 Å². The lowest BCUT2D eigenvalue weighted by atomic mass is 9.79. The molecule has 2 heterocycles. The van der Waals surface area contributed by atoms with Crippen LogP contribution in [-0.4, -0.2) is 55.7 Å². The van der Waals surface area contributed by atoms with Crippen LogP contribution in [0.1, 0.15) is 23.3 Å². The summed E-state index contributed by atoms with van der Waals surface area (Å²) < 4.78 is 45.7. The predicted octanol–water partition coefficient (Wildman–Crippen LogP) is -0.652. The van der Waals surface area contributed by atoms with Crippen LogP contribution in [-0.2, 0) is 19.7 Å². The molecule has 2 unspecified atom stereocenters. The summed E-state index contributed by atoms with van der Waals surface area (Å²) in [5.74, 6) is -0.573. The lowest BCUT2D eigenvalue weighted by Gasteiger charge is -2.04. The van der Waals surface area contributed by atoms with Crippen molar-refractivity contribution in [3.05, 3.63) is 52.5 Å². The Morgan fingerprint density at radius 2 is 1.29 bits per heavy atom. The van der Waals surface area contributed by atoms with E-state index in [1.54, 1.807) is 0 Å². The molecule has 0 radical (unpaired) electrons. The zero-order valence-corrected chi connectivity index (χ0v) is 16.6. The highest BCUT2D eigenvalue weighted by molar-refractivity contribution is 7.92. The van der Waals surface area contributed by atoms with Gasteiger partial charge in [0, 0.05) is 10.6 Å². The van der Waals surface area contributed by atoms with Gasteiger partial charge in [0.25, 0.3) is 0 Å². The van der Waals surface area contributed by atoms with Crippen LogP contribution in [0.25, 0.3) is 0 Å². The number of rotatable bonds is 1. The van der Waals surface area contributed by atoms with Crippen molar-refractivity contribution >= 4 is 43.9 Å². The molecule has 0 spiro atoms. The lowest BCUT2D eigenvalue weighted by Crippen LogP contribution is -2.30. The Hall–Kier alpha value is -1.47. The summed E-state index contributed by atoms with van der Waals surface area (Å²) in [5.41, 5.74) is 0.818. The largest absolute Gasteiger partial charge is 0.488 e. The fraction of sp³-hybridized carbons (Fsp3) is 0.250. The van der Waals surface area contributed by atoms with Crippen LogP contribution in [0, 0.1) is 0 Å². The Morgan fingerprint density at radius 3 is 1.79 bits per heavy atom. The summed E-state index contributed by atoms with van der Waals surface area (Å²) in [4.78, 5) is 0.267. The van der Waals surface area contributed by atoms with Gasteiger partial charge in [0.2, 0.25) is 0 Å². The second-order valence-electron chi connectivity index (χ2n) is 6.45. The molecule has 12 heteroatoms. The summed E-state index contributed by atoms with van der Waals surface area (Å²) in [6.07, 6.45) is -2.01. The number of sulfone groups is 2. The van der Waals surface area contributed by atoms with Crippen LogP contribution >= 0.6 is 11.6 Å². The molecule has 0 fully saturated rings. The topological polar surface area (TPSA) is 149 Å². The molecule has 2 aromatic carbocycles. The third-order valence-corrected chi connectivity index (χ3v) is 8.27. The first-order chi connectivity index (χ1) is 12.9. The van der Waals surface area contributed by atoms with Crippen molar-refractivity contribution in [1.29, 1.82) is 0 Å². The molecule has 2 aliphatic rings. The van der Waals surface area contributed by atoms with Crippen LogP contribution in [0.2, 0.25) is 5.02 Å². The summed E-state index contributed by atoms with van der Waals surface area (Å²) in [6, 6.07) is 8.34. The van der Waals surface area contributed by atoms with E-state index in [-0.39, 0.29) is 32.3 Å². The van der Waals surface area contributed by atoms with Crippen molar-refractivity contribution in [3.8, 4) is 0 Å². The van der Waals surface area contributed by atoms with Gasteiger partial charge in [-0.1, -0.05) is 23.7 Å². The Bertz CT molecular complexity index is 1130. The second-order valence-corrected chi connectivity index (χ2v) is 10.9. The maximum atomic E-state index is 11.5. The van der Waals surface area contributed by atoms with Crippen LogP contribution in [0.4, 0.5) is 0 Å². The van der Waals surface area contributed by atoms with Gasteiger partial charge in [-0.15, -0.1) is 0 Å². The zero-order chi connectivity index (χ0) is 20.9. The maximum Gasteiger partial charge on any atom is 0.488 e. The van der Waals surface area contributed by atoms with Gasteiger partial charge in [-0.25, -0.2) is 16.8 Å². The van der Waals surface area contributed by atoms with E-state index in [0.717, 1.165) is 0 Å². The highest BCUT2D eigenvalue weighted by Gasteiger charge is 2.34. The van der Waals surface area contributed by atoms with E-state index < -0.39 is 39.0 Å². The van der Waals surface area contributed by atoms with Crippen LogP contribution in [0.5, 0.6) is 0 Å². The van der Waals surface area contributed by atoms with Gasteiger partial charge in [-0.05, 0) is 35.3 Å². The Balaban J connectivity index is 0.000000162. The zero-order valence-electron chi connectivity index (χ0n) is 14.2. The molecule has 0 aliphatic carbocycles. The first-order valence-corrected chi connectivity index (χ1v) is 11.7. The van der Waals surface area contributed by atoms with E-state index in [1.165, 1.54) is 36.4 Å². The molecule has 4 rings (SSSR count). The normalized spacial score (nSPS) is 23.3. The van der Waals surface area contributed by atoms with Gasteiger partial charge in [0.05, 0.1) is 33.5 Å². The van der Waals surface area contributed by atoms with E-state index in [0.29, 0.717) is 10.6 Å². The monoisotopic (exact) mass is 446 g/mol. The van der Waals surface area contributed by atoms with E-state index in [1.807, 2.05) is 0 Å². The molecule has 0 bridgehead atoms. The molecular weight excluding hydrogens is 431 g/mol. The van der Waals surface area contributed by atoms with Crippen molar-refractivity contribution in [3.63, 3.8) is 0 Å². The summed E-state index contributed by atoms with van der Waals surface area (Å²) in [5, 5.41) is 37.1. The van der Waals surface area contributed by atoms with Crippen molar-refractivity contribution < 1.29 is 37.1 Å². The van der Waals surface area contributed by atoms with E-state index in [9.17, 15) is 27.0 Å². The fourth-order valence-electron chi connectivity index (χ4n) is 3.11. The van der Waals surface area contributed by atoms with Crippen LogP contribution in [0.3, 0.4) is 0 Å². The molecule has 2 atom stereocenters. The molecule has 4 N–H and O–H groups in total. The fourth-order valence-corrected chi connectivity index (χ4v) is 6.50. The highest BCUT2D eigenvalue weighted by Crippen LogP contribution is 2.34. The molecule has 2 aromatic rings. The third-order valence-electron chi connectivity index (χ3n) is 4.45. The van der Waals surface area contributed by atoms with Gasteiger partial charge >= 0.3 is 7.12 Å². The quantitative estimate of drug-likeness (QED) is 0.422. The number of aliphatic hydroxyl groups is 2. The average Bonchev–Trinajstić information content (AvgIpc) is 2.96. The van der Waals surface area contributed by atoms with Gasteiger partial charge in [-0.2, -0.15) is 0 Å². The van der Waals surface area contributed by atoms with Gasteiger partial charge in [0.15, 0.2) is 19.7 Å². The number of aliphatic hydroxyl groups excluding tert-OH is 2. The lowest BCUT2D eigenvalue weighted by molar-refractivity contribution is 0.204. The number of hydrogen-bond acceptors (Lipinski definition) is 8. The number of benzene rings is 2. The molecular formula is C16H16BClO8S2. The minimum absolute atomic E-state index is 0.0689. The minimum atomic E-state index is -3.41. The van der Waals surface area contributed by atoms with Crippen molar-refractivity contribution in [2.24, 2.45) is 0 Å². The number of halogens is 1. The molecule has 0 saturated carbocycles. The molecule has 8 nitrogen and oxygen atoms in total. The molecule has 0 amide bonds. The summed E-state index contributed by atoms with van der Waals surface area (Å²) in [6.45, 7) is 0. The highest BCUT2D eigenvalue weighted by atomic mass is 35.5. The van der Waals surface area contributed by atoms with E-state index in [4.69, 9.17) is 21.6 Å². The molecule has 2 aliphatic heterocycles. The van der Waals surface area contributed by atoms with E-state index in [2.05, 4.69) is 0 Å². The Labute approximate surface area is 167 Å². The van der Waals surface area contributed by atoms with Crippen molar-refractivity contribution in [2.75, 3.05) is 11.5 Å². The minimum Gasteiger partial charge on any atom is -0.423 e. The number of fused-ring (bicyclic) bond motifs is 2. The second kappa shape index (κ2) is 7.41. The number of hydrogen-bond donors (Lipinski definition) is 4. The standard InChI is InChI=1S/C8H9BO5S.C8H7ClO3S/c10-7-4-15(13,14)8-2-1-5(9(11)12)3-6(7)8;9-5-1-2-8-6(3-5)7(10)4-13(8,11)12/h1-3,7,10-12H,4H2;1-3,7,10H,4H2. The molecule has 150 valence electrons. The predicted molar refractivity (Wildman–Crippen MR) is 102 cm³/mol. The van der Waals surface area contributed by atoms with Gasteiger partial charge < -0.3 is 20.3 Å². The SMILES string of the molecule is O=S1(=O)CC(O)c2cc(B(O)O)ccc21.O=S1(=O)CC(O)c2cc(Cl)ccc21.